The van der Waals surface area contributed by atoms with Crippen molar-refractivity contribution in [1.82, 2.24) is 5.32 Å². The van der Waals surface area contributed by atoms with Crippen molar-refractivity contribution in [2.24, 2.45) is 0 Å². The van der Waals surface area contributed by atoms with E-state index in [1.165, 1.54) is 22.5 Å². The van der Waals surface area contributed by atoms with Crippen LogP contribution in [0.25, 0.3) is 0 Å². The molecule has 1 aromatic carbocycles. The first-order chi connectivity index (χ1) is 7.86. The molecule has 16 heavy (non-hydrogen) atoms. The van der Waals surface area contributed by atoms with Crippen LogP contribution in [-0.2, 0) is 0 Å². The van der Waals surface area contributed by atoms with Crippen LogP contribution < -0.4 is 5.32 Å². The minimum atomic E-state index is 0.0668. The number of fused-ring (bicyclic) bond motifs is 1. The number of carbonyl (C=O) groups is 1. The molecule has 0 aliphatic carbocycles. The summed E-state index contributed by atoms with van der Waals surface area (Å²) < 4.78 is 0. The molecule has 1 aliphatic rings. The fourth-order valence-electron chi connectivity index (χ4n) is 2.15. The first-order valence-corrected chi connectivity index (χ1v) is 6.15. The lowest BCUT2D eigenvalue weighted by atomic mass is 9.89. The minimum Gasteiger partial charge on any atom is -0.350 e. The Labute approximate surface area is 97.9 Å². The van der Waals surface area contributed by atoms with Gasteiger partial charge in [-0.05, 0) is 22.6 Å². The highest BCUT2D eigenvalue weighted by molar-refractivity contribution is 7.12. The minimum absolute atomic E-state index is 0.0668. The molecule has 3 rings (SSSR count). The van der Waals surface area contributed by atoms with Crippen LogP contribution in [0.4, 0.5) is 0 Å². The lowest BCUT2D eigenvalue weighted by molar-refractivity contribution is 0.0947. The van der Waals surface area contributed by atoms with Gasteiger partial charge in [0.1, 0.15) is 0 Å². The highest BCUT2D eigenvalue weighted by Gasteiger charge is 2.27. The fourth-order valence-corrected chi connectivity index (χ4v) is 3.02. The van der Waals surface area contributed by atoms with E-state index in [0.717, 1.165) is 4.88 Å². The highest BCUT2D eigenvalue weighted by Crippen LogP contribution is 2.32. The van der Waals surface area contributed by atoms with Gasteiger partial charge >= 0.3 is 0 Å². The zero-order valence-electron chi connectivity index (χ0n) is 8.64. The normalized spacial score (nSPS) is 19.0. The summed E-state index contributed by atoms with van der Waals surface area (Å²) in [5.41, 5.74) is 2.43. The molecule has 1 aliphatic heterocycles. The van der Waals surface area contributed by atoms with Crippen LogP contribution in [0.3, 0.4) is 0 Å². The van der Waals surface area contributed by atoms with Crippen LogP contribution in [0, 0.1) is 0 Å². The van der Waals surface area contributed by atoms with Gasteiger partial charge in [-0.1, -0.05) is 30.3 Å². The maximum atomic E-state index is 11.6. The fraction of sp³-hybridized carbons (Fsp3) is 0.154. The van der Waals surface area contributed by atoms with E-state index in [2.05, 4.69) is 23.5 Å². The van der Waals surface area contributed by atoms with Crippen LogP contribution in [-0.4, -0.2) is 12.5 Å². The number of hydrogen-bond donors (Lipinski definition) is 1. The van der Waals surface area contributed by atoms with E-state index in [4.69, 9.17) is 0 Å². The summed E-state index contributed by atoms with van der Waals surface area (Å²) in [6, 6.07) is 12.4. The van der Waals surface area contributed by atoms with E-state index in [9.17, 15) is 4.79 Å². The van der Waals surface area contributed by atoms with Gasteiger partial charge in [-0.2, -0.15) is 0 Å². The smallest absolute Gasteiger partial charge is 0.261 e. The summed E-state index contributed by atoms with van der Waals surface area (Å²) in [5.74, 6) is 0.373. The monoisotopic (exact) mass is 229 g/mol. The third-order valence-corrected chi connectivity index (χ3v) is 3.87. The molecule has 0 saturated heterocycles. The number of benzene rings is 1. The Hall–Kier alpha value is -1.61. The Morgan fingerprint density at radius 2 is 2.00 bits per heavy atom. The van der Waals surface area contributed by atoms with Crippen LogP contribution >= 0.6 is 11.3 Å². The van der Waals surface area contributed by atoms with Crippen molar-refractivity contribution in [3.63, 3.8) is 0 Å². The molecule has 0 saturated carbocycles. The van der Waals surface area contributed by atoms with Crippen LogP contribution in [0.2, 0.25) is 0 Å². The molecule has 1 aromatic heterocycles. The largest absolute Gasteiger partial charge is 0.350 e. The summed E-state index contributed by atoms with van der Waals surface area (Å²) in [4.78, 5) is 12.5. The van der Waals surface area contributed by atoms with Crippen molar-refractivity contribution in [1.29, 1.82) is 0 Å². The van der Waals surface area contributed by atoms with Crippen LogP contribution in [0.1, 0.15) is 26.7 Å². The third kappa shape index (κ3) is 1.44. The predicted molar refractivity (Wildman–Crippen MR) is 64.9 cm³/mol. The number of nitrogens with one attached hydrogen (secondary N) is 1. The Morgan fingerprint density at radius 3 is 2.81 bits per heavy atom. The van der Waals surface area contributed by atoms with Gasteiger partial charge < -0.3 is 5.32 Å². The van der Waals surface area contributed by atoms with E-state index in [0.29, 0.717) is 12.5 Å². The molecule has 0 bridgehead atoms. The number of hydrogen-bond acceptors (Lipinski definition) is 2. The third-order valence-electron chi connectivity index (χ3n) is 2.95. The van der Waals surface area contributed by atoms with Crippen LogP contribution in [0.15, 0.2) is 41.8 Å². The molecule has 2 aromatic rings. The average Bonchev–Trinajstić information content (AvgIpc) is 2.81. The van der Waals surface area contributed by atoms with Gasteiger partial charge in [0.05, 0.1) is 4.88 Å². The number of rotatable bonds is 1. The summed E-state index contributed by atoms with van der Waals surface area (Å²) in [6.07, 6.45) is 0. The molecule has 80 valence electrons. The number of thiophene rings is 1. The van der Waals surface area contributed by atoms with E-state index in [1.807, 2.05) is 23.6 Å². The van der Waals surface area contributed by atoms with Gasteiger partial charge in [0.2, 0.25) is 0 Å². The first-order valence-electron chi connectivity index (χ1n) is 5.27. The predicted octanol–water partition coefficient (Wildman–Crippen LogP) is 2.62. The molecule has 0 fully saturated rings. The van der Waals surface area contributed by atoms with Crippen molar-refractivity contribution < 1.29 is 4.79 Å². The van der Waals surface area contributed by atoms with Crippen molar-refractivity contribution in [3.05, 3.63) is 57.8 Å². The van der Waals surface area contributed by atoms with Crippen LogP contribution in [0.5, 0.6) is 0 Å². The van der Waals surface area contributed by atoms with E-state index >= 15 is 0 Å². The zero-order valence-corrected chi connectivity index (χ0v) is 9.46. The van der Waals surface area contributed by atoms with Gasteiger partial charge in [0.25, 0.3) is 5.91 Å². The molecule has 1 unspecified atom stereocenters. The van der Waals surface area contributed by atoms with Gasteiger partial charge in [0, 0.05) is 12.5 Å². The lowest BCUT2D eigenvalue weighted by Gasteiger charge is -2.23. The number of amides is 1. The Bertz CT molecular complexity index is 518. The van der Waals surface area contributed by atoms with E-state index in [-0.39, 0.29) is 5.91 Å². The summed E-state index contributed by atoms with van der Waals surface area (Å²) in [6.45, 7) is 0.701. The molecule has 2 nitrogen and oxygen atoms in total. The molecule has 0 radical (unpaired) electrons. The van der Waals surface area contributed by atoms with Crippen molar-refractivity contribution >= 4 is 17.2 Å². The second-order valence-corrected chi connectivity index (χ2v) is 4.79. The van der Waals surface area contributed by atoms with Gasteiger partial charge in [-0.3, -0.25) is 4.79 Å². The molecule has 3 heteroatoms. The van der Waals surface area contributed by atoms with E-state index in [1.54, 1.807) is 0 Å². The van der Waals surface area contributed by atoms with Gasteiger partial charge in [-0.25, -0.2) is 0 Å². The maximum Gasteiger partial charge on any atom is 0.261 e. The molecule has 1 amide bonds. The standard InChI is InChI=1S/C13H11NOS/c15-13-12-10(6-7-16-12)11(8-14-13)9-4-2-1-3-5-9/h1-7,11H,8H2,(H,14,15). The lowest BCUT2D eigenvalue weighted by Crippen LogP contribution is -2.34. The highest BCUT2D eigenvalue weighted by atomic mass is 32.1. The average molecular weight is 229 g/mol. The van der Waals surface area contributed by atoms with Crippen molar-refractivity contribution in [3.8, 4) is 0 Å². The topological polar surface area (TPSA) is 29.1 Å². The summed E-state index contributed by atoms with van der Waals surface area (Å²) in [5, 5.41) is 4.94. The molecule has 1 atom stereocenters. The quantitative estimate of drug-likeness (QED) is 0.800. The second kappa shape index (κ2) is 3.76. The zero-order chi connectivity index (χ0) is 11.0. The maximum absolute atomic E-state index is 11.6. The Morgan fingerprint density at radius 1 is 1.19 bits per heavy atom. The molecule has 1 N–H and O–H groups in total. The van der Waals surface area contributed by atoms with E-state index < -0.39 is 0 Å². The summed E-state index contributed by atoms with van der Waals surface area (Å²) >= 11 is 1.52. The van der Waals surface area contributed by atoms with Gasteiger partial charge in [0.15, 0.2) is 0 Å². The molecule has 2 heterocycles. The van der Waals surface area contributed by atoms with Crippen molar-refractivity contribution in [2.45, 2.75) is 5.92 Å². The van der Waals surface area contributed by atoms with Gasteiger partial charge in [-0.15, -0.1) is 11.3 Å². The Kier molecular flexibility index (Phi) is 2.26. The second-order valence-electron chi connectivity index (χ2n) is 3.88. The van der Waals surface area contributed by atoms with Crippen molar-refractivity contribution in [2.75, 3.05) is 6.54 Å². The summed E-state index contributed by atoms with van der Waals surface area (Å²) in [7, 11) is 0. The molecular formula is C13H11NOS. The molecular weight excluding hydrogens is 218 g/mol. The number of carbonyl (C=O) groups excluding carboxylic acids is 1. The Balaban J connectivity index is 2.07. The SMILES string of the molecule is O=C1NCC(c2ccccc2)c2ccsc21. The first kappa shape index (κ1) is 9.60. The molecule has 0 spiro atoms.